The highest BCUT2D eigenvalue weighted by Crippen LogP contribution is 2.70. The quantitative estimate of drug-likeness (QED) is 0.416. The van der Waals surface area contributed by atoms with E-state index in [1.807, 2.05) is 13.0 Å². The summed E-state index contributed by atoms with van der Waals surface area (Å²) in [5.74, 6) is -0.977. The van der Waals surface area contributed by atoms with Gasteiger partial charge >= 0.3 is 5.97 Å². The number of ketones is 2. The molecule has 0 heterocycles. The number of rotatable bonds is 2. The van der Waals surface area contributed by atoms with E-state index in [0.29, 0.717) is 32.3 Å². The summed E-state index contributed by atoms with van der Waals surface area (Å²) in [7, 11) is 0. The summed E-state index contributed by atoms with van der Waals surface area (Å²) in [5, 5.41) is 22.3. The lowest BCUT2D eigenvalue weighted by atomic mass is 9.38. The van der Waals surface area contributed by atoms with Crippen molar-refractivity contribution in [3.63, 3.8) is 0 Å². The number of nitrogens with zero attached hydrogens (tertiary/aromatic N) is 1. The molecular weight excluding hydrogens is 490 g/mol. The molecular formula is C33H47NO5. The number of nitriles is 1. The Morgan fingerprint density at radius 1 is 1.03 bits per heavy atom. The number of allylic oxidation sites excluding steroid dienone is 3. The van der Waals surface area contributed by atoms with E-state index >= 15 is 0 Å². The summed E-state index contributed by atoms with van der Waals surface area (Å²) < 4.78 is 5.55. The van der Waals surface area contributed by atoms with Crippen molar-refractivity contribution < 1.29 is 24.2 Å². The molecule has 0 amide bonds. The first-order valence-electron chi connectivity index (χ1n) is 14.7. The second-order valence-electron chi connectivity index (χ2n) is 15.0. The number of Topliss-reactive ketones (excluding diaryl/α,β-unsaturated/α-hetero) is 1. The zero-order valence-electron chi connectivity index (χ0n) is 25.2. The molecule has 0 aromatic rings. The highest BCUT2D eigenvalue weighted by atomic mass is 16.5. The highest BCUT2D eigenvalue weighted by Gasteiger charge is 2.68. The molecule has 7 atom stereocenters. The minimum absolute atomic E-state index is 0.00304. The molecule has 0 radical (unpaired) electrons. The molecule has 6 nitrogen and oxygen atoms in total. The van der Waals surface area contributed by atoms with Crippen LogP contribution < -0.4 is 0 Å². The van der Waals surface area contributed by atoms with Crippen LogP contribution in [0.1, 0.15) is 107 Å². The lowest BCUT2D eigenvalue weighted by molar-refractivity contribution is -0.183. The molecule has 0 aliphatic heterocycles. The lowest BCUT2D eigenvalue weighted by Crippen LogP contribution is -2.66. The average Bonchev–Trinajstić information content (AvgIpc) is 2.86. The van der Waals surface area contributed by atoms with E-state index < -0.39 is 21.8 Å². The van der Waals surface area contributed by atoms with Crippen LogP contribution in [0.2, 0.25) is 0 Å². The van der Waals surface area contributed by atoms with Gasteiger partial charge < -0.3 is 9.84 Å². The van der Waals surface area contributed by atoms with E-state index in [1.165, 1.54) is 6.92 Å². The Kier molecular flexibility index (Phi) is 7.16. The number of fused-ring (bicyclic) bond motifs is 5. The van der Waals surface area contributed by atoms with Crippen molar-refractivity contribution in [3.05, 3.63) is 23.3 Å². The largest absolute Gasteiger partial charge is 0.465 e. The average molecular weight is 538 g/mol. The predicted octanol–water partition coefficient (Wildman–Crippen LogP) is 6.27. The number of ether oxygens (including phenoxy) is 1. The number of aliphatic hydroxyl groups is 1. The molecule has 4 rings (SSSR count). The van der Waals surface area contributed by atoms with Gasteiger partial charge in [0, 0.05) is 29.1 Å². The standard InChI is InChI=1S/C33H47NO5/c1-21-24-9-10-31(7)25(30(24,6)18-23(19-34)27(21)37)17-26(36)33(38)16-12-28(3,4)11-13-29(5,20-39-22(2)35)14-15-32(31,33)8/h17-18,21,24,38H,9-16,20H2,1-8H3/t21-,24-,29-,30-,31+,32-,33+/m0/s1. The van der Waals surface area contributed by atoms with Gasteiger partial charge in [0.15, 0.2) is 11.6 Å². The molecule has 1 N–H and O–H groups in total. The van der Waals surface area contributed by atoms with E-state index in [4.69, 9.17) is 4.74 Å². The Morgan fingerprint density at radius 3 is 2.26 bits per heavy atom. The van der Waals surface area contributed by atoms with Gasteiger partial charge in [-0.15, -0.1) is 0 Å². The number of carbonyl (C=O) groups excluding carboxylic acids is 3. The summed E-state index contributed by atoms with van der Waals surface area (Å²) in [4.78, 5) is 38.9. The first kappa shape index (κ1) is 29.7. The minimum atomic E-state index is -1.54. The molecule has 39 heavy (non-hydrogen) atoms. The maximum absolute atomic E-state index is 14.2. The maximum Gasteiger partial charge on any atom is 0.302 e. The van der Waals surface area contributed by atoms with E-state index in [9.17, 15) is 24.8 Å². The zero-order valence-corrected chi connectivity index (χ0v) is 25.2. The Balaban J connectivity index is 1.89. The van der Waals surface area contributed by atoms with Crippen LogP contribution in [0.25, 0.3) is 0 Å². The minimum Gasteiger partial charge on any atom is -0.465 e. The molecule has 4 aliphatic carbocycles. The summed E-state index contributed by atoms with van der Waals surface area (Å²) in [6.07, 6.45) is 9.26. The van der Waals surface area contributed by atoms with E-state index in [1.54, 1.807) is 6.08 Å². The number of hydrogen-bond acceptors (Lipinski definition) is 6. The first-order valence-corrected chi connectivity index (χ1v) is 14.7. The van der Waals surface area contributed by atoms with Crippen LogP contribution in [0.15, 0.2) is 23.3 Å². The van der Waals surface area contributed by atoms with E-state index in [-0.39, 0.29) is 45.8 Å². The Morgan fingerprint density at radius 2 is 1.64 bits per heavy atom. The molecule has 0 spiro atoms. The second-order valence-corrected chi connectivity index (χ2v) is 15.0. The van der Waals surface area contributed by atoms with Crippen molar-refractivity contribution >= 4 is 17.5 Å². The van der Waals surface area contributed by atoms with Gasteiger partial charge in [0.05, 0.1) is 12.2 Å². The molecule has 4 aliphatic rings. The van der Waals surface area contributed by atoms with Crippen LogP contribution in [0.5, 0.6) is 0 Å². The monoisotopic (exact) mass is 537 g/mol. The van der Waals surface area contributed by atoms with Crippen LogP contribution in [0.3, 0.4) is 0 Å². The van der Waals surface area contributed by atoms with Gasteiger partial charge in [0.2, 0.25) is 0 Å². The van der Waals surface area contributed by atoms with E-state index in [0.717, 1.165) is 31.3 Å². The van der Waals surface area contributed by atoms with Crippen molar-refractivity contribution in [1.29, 1.82) is 5.26 Å². The van der Waals surface area contributed by atoms with Gasteiger partial charge in [-0.05, 0) is 79.8 Å². The van der Waals surface area contributed by atoms with E-state index in [2.05, 4.69) is 47.6 Å². The van der Waals surface area contributed by atoms with Gasteiger partial charge in [-0.1, -0.05) is 54.5 Å². The fraction of sp³-hybridized carbons (Fsp3) is 0.758. The van der Waals surface area contributed by atoms with Gasteiger partial charge in [0.1, 0.15) is 11.7 Å². The van der Waals surface area contributed by atoms with Crippen molar-refractivity contribution in [2.75, 3.05) is 6.61 Å². The van der Waals surface area contributed by atoms with Crippen LogP contribution >= 0.6 is 0 Å². The lowest BCUT2D eigenvalue weighted by Gasteiger charge is -2.65. The second kappa shape index (κ2) is 9.40. The zero-order chi connectivity index (χ0) is 29.2. The topological polar surface area (TPSA) is 104 Å². The van der Waals surface area contributed by atoms with Crippen LogP contribution in [0, 0.1) is 50.2 Å². The van der Waals surface area contributed by atoms with Gasteiger partial charge in [-0.3, -0.25) is 14.4 Å². The third-order valence-electron chi connectivity index (χ3n) is 12.0. The highest BCUT2D eigenvalue weighted by molar-refractivity contribution is 6.03. The summed E-state index contributed by atoms with van der Waals surface area (Å²) in [6, 6.07) is 2.12. The summed E-state index contributed by atoms with van der Waals surface area (Å²) in [5.41, 5.74) is -2.73. The predicted molar refractivity (Wildman–Crippen MR) is 149 cm³/mol. The molecule has 2 saturated carbocycles. The fourth-order valence-corrected chi connectivity index (χ4v) is 8.64. The number of hydrogen-bond donors (Lipinski definition) is 1. The number of esters is 1. The normalized spacial score (nSPS) is 44.0. The fourth-order valence-electron chi connectivity index (χ4n) is 8.64. The molecule has 0 bridgehead atoms. The molecule has 2 fully saturated rings. The molecule has 214 valence electrons. The SMILES string of the molecule is CC(=O)OC[C@@]1(C)CCC(C)(C)CC[C@@]2(O)C(=O)C=C3[C@@]4(C)C=C(C#N)C(=O)[C@@H](C)[C@@H]4CC[C@@]3(C)[C@]2(C)CC1. The molecule has 0 aromatic heterocycles. The Labute approximate surface area is 234 Å². The number of carbonyl (C=O) groups is 3. The smallest absolute Gasteiger partial charge is 0.302 e. The molecule has 0 saturated heterocycles. The third kappa shape index (κ3) is 4.44. The summed E-state index contributed by atoms with van der Waals surface area (Å²) in [6.45, 7) is 16.6. The van der Waals surface area contributed by atoms with Crippen molar-refractivity contribution in [2.45, 2.75) is 112 Å². The van der Waals surface area contributed by atoms with Crippen LogP contribution in [-0.2, 0) is 19.1 Å². The van der Waals surface area contributed by atoms with Crippen molar-refractivity contribution in [2.24, 2.45) is 38.9 Å². The molecule has 6 heteroatoms. The van der Waals surface area contributed by atoms with Gasteiger partial charge in [-0.2, -0.15) is 5.26 Å². The summed E-state index contributed by atoms with van der Waals surface area (Å²) >= 11 is 0. The van der Waals surface area contributed by atoms with Crippen molar-refractivity contribution in [3.8, 4) is 6.07 Å². The van der Waals surface area contributed by atoms with Gasteiger partial charge in [0.25, 0.3) is 0 Å². The molecule has 0 aromatic carbocycles. The van der Waals surface area contributed by atoms with Crippen LogP contribution in [0.4, 0.5) is 0 Å². The Hall–Kier alpha value is -2.26. The first-order chi connectivity index (χ1) is 17.9. The van der Waals surface area contributed by atoms with Crippen molar-refractivity contribution in [1.82, 2.24) is 0 Å². The third-order valence-corrected chi connectivity index (χ3v) is 12.0. The van der Waals surface area contributed by atoms with Crippen LogP contribution in [-0.4, -0.2) is 34.9 Å². The maximum atomic E-state index is 14.2. The molecule has 0 unspecified atom stereocenters. The van der Waals surface area contributed by atoms with Gasteiger partial charge in [-0.25, -0.2) is 0 Å². The Bertz CT molecular complexity index is 1190.